The minimum atomic E-state index is -1.75. The molecule has 4 rings (SSSR count). The van der Waals surface area contributed by atoms with Gasteiger partial charge in [-0.2, -0.15) is 10.1 Å². The average molecular weight is 430 g/mol. The minimum absolute atomic E-state index is 0.0130. The molecule has 5 nitrogen and oxygen atoms in total. The van der Waals surface area contributed by atoms with Gasteiger partial charge in [-0.05, 0) is 24.6 Å². The van der Waals surface area contributed by atoms with Crippen LogP contribution in [0.2, 0.25) is 0 Å². The molecule has 1 amide bonds. The zero-order valence-electron chi connectivity index (χ0n) is 16.1. The van der Waals surface area contributed by atoms with Gasteiger partial charge in [0.25, 0.3) is 5.91 Å². The number of hydrazone groups is 1. The van der Waals surface area contributed by atoms with Gasteiger partial charge in [0.15, 0.2) is 28.7 Å². The first-order valence-electron chi connectivity index (χ1n) is 9.31. The molecule has 31 heavy (non-hydrogen) atoms. The van der Waals surface area contributed by atoms with E-state index in [0.29, 0.717) is 12.0 Å². The maximum absolute atomic E-state index is 14.2. The maximum Gasteiger partial charge on any atom is 0.280 e. The van der Waals surface area contributed by atoms with Crippen LogP contribution in [-0.2, 0) is 4.79 Å². The summed E-state index contributed by atoms with van der Waals surface area (Å²) in [6.45, 7) is 1.78. The summed E-state index contributed by atoms with van der Waals surface area (Å²) in [6.07, 6.45) is 3.07. The van der Waals surface area contributed by atoms with Crippen molar-refractivity contribution in [2.75, 3.05) is 5.01 Å². The number of fused-ring (bicyclic) bond motifs is 1. The second-order valence-electron chi connectivity index (χ2n) is 6.80. The first-order chi connectivity index (χ1) is 14.8. The molecule has 0 saturated heterocycles. The van der Waals surface area contributed by atoms with Crippen molar-refractivity contribution in [3.05, 3.63) is 81.2 Å². The van der Waals surface area contributed by atoms with E-state index in [2.05, 4.69) is 5.10 Å². The van der Waals surface area contributed by atoms with Gasteiger partial charge in [0, 0.05) is 6.07 Å². The zero-order valence-corrected chi connectivity index (χ0v) is 16.1. The second kappa shape index (κ2) is 7.82. The lowest BCUT2D eigenvalue weighted by molar-refractivity contribution is -0.114. The van der Waals surface area contributed by atoms with Crippen molar-refractivity contribution in [3.63, 3.8) is 0 Å². The molecule has 1 aliphatic heterocycles. The second-order valence-corrected chi connectivity index (χ2v) is 6.80. The smallest absolute Gasteiger partial charge is 0.280 e. The lowest BCUT2D eigenvalue weighted by Gasteiger charge is -2.14. The highest BCUT2D eigenvalue weighted by Crippen LogP contribution is 2.33. The molecule has 0 saturated carbocycles. The van der Waals surface area contributed by atoms with Gasteiger partial charge in [-0.1, -0.05) is 25.5 Å². The van der Waals surface area contributed by atoms with Crippen molar-refractivity contribution in [2.45, 2.75) is 19.8 Å². The molecule has 3 aromatic rings. The predicted octanol–water partition coefficient (Wildman–Crippen LogP) is 4.94. The third kappa shape index (κ3) is 3.41. The van der Waals surface area contributed by atoms with Crippen molar-refractivity contribution >= 4 is 34.4 Å². The number of carbonyl (C=O) groups is 1. The fraction of sp³-hybridized carbons (Fsp3) is 0.136. The zero-order chi connectivity index (χ0) is 22.3. The molecule has 9 heteroatoms. The molecule has 0 N–H and O–H groups in total. The standard InChI is InChI=1S/C22H14F4N2O3/c1-2-5-16-13(8-11-10-31-17-7-4-3-6-12(17)21(11)29)22(30)28(27-16)20-18(25)14(23)9-15(24)19(20)26/h3-4,6-10H,2,5H2,1H3/b13-8-. The summed E-state index contributed by atoms with van der Waals surface area (Å²) in [6, 6.07) is 6.53. The third-order valence-electron chi connectivity index (χ3n) is 4.75. The molecule has 0 fully saturated rings. The number of nitrogens with zero attached hydrogens (tertiary/aromatic N) is 2. The minimum Gasteiger partial charge on any atom is -0.463 e. The van der Waals surface area contributed by atoms with Gasteiger partial charge in [-0.15, -0.1) is 0 Å². The summed E-state index contributed by atoms with van der Waals surface area (Å²) in [5.41, 5.74) is -1.35. The first-order valence-corrected chi connectivity index (χ1v) is 9.31. The van der Waals surface area contributed by atoms with Crippen molar-refractivity contribution in [2.24, 2.45) is 5.10 Å². The van der Waals surface area contributed by atoms with Gasteiger partial charge in [0.1, 0.15) is 17.5 Å². The molecule has 0 atom stereocenters. The van der Waals surface area contributed by atoms with Gasteiger partial charge < -0.3 is 4.42 Å². The summed E-state index contributed by atoms with van der Waals surface area (Å²) in [4.78, 5) is 25.7. The fourth-order valence-corrected chi connectivity index (χ4v) is 3.27. The van der Waals surface area contributed by atoms with Gasteiger partial charge >= 0.3 is 0 Å². The average Bonchev–Trinajstić information content (AvgIpc) is 3.04. The van der Waals surface area contributed by atoms with Gasteiger partial charge in [-0.3, -0.25) is 9.59 Å². The Kier molecular flexibility index (Phi) is 5.18. The van der Waals surface area contributed by atoms with Crippen molar-refractivity contribution in [3.8, 4) is 0 Å². The van der Waals surface area contributed by atoms with Gasteiger partial charge in [0.05, 0.1) is 22.2 Å². The summed E-state index contributed by atoms with van der Waals surface area (Å²) >= 11 is 0. The molecular weight excluding hydrogens is 416 g/mol. The third-order valence-corrected chi connectivity index (χ3v) is 4.75. The summed E-state index contributed by atoms with van der Waals surface area (Å²) in [5, 5.41) is 4.44. The summed E-state index contributed by atoms with van der Waals surface area (Å²) in [7, 11) is 0. The van der Waals surface area contributed by atoms with Gasteiger partial charge in [-0.25, -0.2) is 17.6 Å². The molecule has 0 aliphatic carbocycles. The van der Waals surface area contributed by atoms with Crippen molar-refractivity contribution in [1.29, 1.82) is 0 Å². The van der Waals surface area contributed by atoms with Crippen LogP contribution < -0.4 is 10.4 Å². The Morgan fingerprint density at radius 1 is 1.06 bits per heavy atom. The predicted molar refractivity (Wildman–Crippen MR) is 107 cm³/mol. The largest absolute Gasteiger partial charge is 0.463 e. The molecule has 1 aromatic heterocycles. The molecule has 0 bridgehead atoms. The van der Waals surface area contributed by atoms with E-state index in [1.165, 1.54) is 6.08 Å². The number of carbonyl (C=O) groups excluding carboxylic acids is 1. The molecule has 0 unspecified atom stereocenters. The van der Waals surface area contributed by atoms with Crippen LogP contribution >= 0.6 is 0 Å². The van der Waals surface area contributed by atoms with E-state index in [-0.39, 0.29) is 39.7 Å². The van der Waals surface area contributed by atoms with Crippen LogP contribution in [0.15, 0.2) is 56.5 Å². The number of para-hydroxylation sites is 1. The fourth-order valence-electron chi connectivity index (χ4n) is 3.27. The van der Waals surface area contributed by atoms with E-state index in [1.807, 2.05) is 0 Å². The van der Waals surface area contributed by atoms with E-state index in [9.17, 15) is 27.2 Å². The normalized spacial score (nSPS) is 15.3. The van der Waals surface area contributed by atoms with Crippen molar-refractivity contribution in [1.82, 2.24) is 0 Å². The number of halogens is 4. The molecule has 0 radical (unpaired) electrons. The van der Waals surface area contributed by atoms with Crippen LogP contribution in [0.25, 0.3) is 17.0 Å². The molecule has 158 valence electrons. The van der Waals surface area contributed by atoms with E-state index < -0.39 is 40.3 Å². The van der Waals surface area contributed by atoms with Crippen LogP contribution in [0.1, 0.15) is 25.3 Å². The number of hydrogen-bond acceptors (Lipinski definition) is 4. The number of rotatable bonds is 4. The number of anilines is 1. The van der Waals surface area contributed by atoms with E-state index in [0.717, 1.165) is 6.26 Å². The summed E-state index contributed by atoms with van der Waals surface area (Å²) in [5.74, 6) is -7.86. The van der Waals surface area contributed by atoms with Crippen LogP contribution in [0, 0.1) is 23.3 Å². The molecule has 2 aromatic carbocycles. The Balaban J connectivity index is 1.86. The number of hydrogen-bond donors (Lipinski definition) is 0. The van der Waals surface area contributed by atoms with E-state index >= 15 is 0 Å². The Morgan fingerprint density at radius 2 is 1.74 bits per heavy atom. The molecule has 1 aliphatic rings. The SMILES string of the molecule is CCCC1=NN(c2c(F)c(F)cc(F)c2F)C(=O)/C1=C\c1coc2ccccc2c1=O. The lowest BCUT2D eigenvalue weighted by Crippen LogP contribution is -2.24. The monoisotopic (exact) mass is 430 g/mol. The highest BCUT2D eigenvalue weighted by molar-refractivity contribution is 6.32. The lowest BCUT2D eigenvalue weighted by atomic mass is 10.0. The van der Waals surface area contributed by atoms with Crippen LogP contribution in [0.4, 0.5) is 23.2 Å². The topological polar surface area (TPSA) is 62.9 Å². The number of benzene rings is 2. The van der Waals surface area contributed by atoms with Crippen LogP contribution in [-0.4, -0.2) is 11.6 Å². The quantitative estimate of drug-likeness (QED) is 0.335. The van der Waals surface area contributed by atoms with E-state index in [4.69, 9.17) is 4.42 Å². The Bertz CT molecular complexity index is 1320. The Hall–Kier alpha value is -3.75. The van der Waals surface area contributed by atoms with Crippen LogP contribution in [0.5, 0.6) is 0 Å². The molecular formula is C22H14F4N2O3. The highest BCUT2D eigenvalue weighted by Gasteiger charge is 2.36. The van der Waals surface area contributed by atoms with Crippen molar-refractivity contribution < 1.29 is 26.8 Å². The maximum atomic E-state index is 14.2. The van der Waals surface area contributed by atoms with E-state index in [1.54, 1.807) is 31.2 Å². The molecule has 2 heterocycles. The Labute approximate surface area is 172 Å². The Morgan fingerprint density at radius 3 is 2.42 bits per heavy atom. The van der Waals surface area contributed by atoms with Gasteiger partial charge in [0.2, 0.25) is 0 Å². The summed E-state index contributed by atoms with van der Waals surface area (Å²) < 4.78 is 61.2. The van der Waals surface area contributed by atoms with Crippen LogP contribution in [0.3, 0.4) is 0 Å². The first kappa shape index (κ1) is 20.5. The highest BCUT2D eigenvalue weighted by atomic mass is 19.2. The molecule has 0 spiro atoms. The number of amides is 1.